The maximum absolute atomic E-state index is 14.0. The van der Waals surface area contributed by atoms with E-state index < -0.39 is 11.2 Å². The van der Waals surface area contributed by atoms with E-state index in [0.717, 1.165) is 36.8 Å². The lowest BCUT2D eigenvalue weighted by Gasteiger charge is -2.48. The number of esters is 1. The lowest BCUT2D eigenvalue weighted by atomic mass is 9.65. The molecule has 0 amide bonds. The Morgan fingerprint density at radius 3 is 2.56 bits per heavy atom. The summed E-state index contributed by atoms with van der Waals surface area (Å²) >= 11 is 0. The van der Waals surface area contributed by atoms with E-state index in [1.54, 1.807) is 0 Å². The third kappa shape index (κ3) is 3.28. The number of hydrogen-bond donors (Lipinski definition) is 0. The van der Waals surface area contributed by atoms with Crippen molar-refractivity contribution in [2.24, 2.45) is 23.2 Å². The van der Waals surface area contributed by atoms with E-state index in [9.17, 15) is 4.79 Å². The zero-order valence-electron chi connectivity index (χ0n) is 20.3. The Bertz CT molecular complexity index is 921. The van der Waals surface area contributed by atoms with Crippen molar-refractivity contribution in [1.29, 1.82) is 0 Å². The molecule has 0 aromatic heterocycles. The highest BCUT2D eigenvalue weighted by Gasteiger charge is 2.59. The normalized spacial score (nSPS) is 32.8. The van der Waals surface area contributed by atoms with Gasteiger partial charge in [0.05, 0.1) is 13.2 Å². The summed E-state index contributed by atoms with van der Waals surface area (Å²) in [6.45, 7) is 12.4. The van der Waals surface area contributed by atoms with Crippen LogP contribution < -0.4 is 0 Å². The van der Waals surface area contributed by atoms with Gasteiger partial charge in [0, 0.05) is 11.8 Å². The van der Waals surface area contributed by atoms with Crippen LogP contribution in [-0.2, 0) is 19.0 Å². The molecule has 1 heterocycles. The first-order valence-electron chi connectivity index (χ1n) is 12.6. The summed E-state index contributed by atoms with van der Waals surface area (Å²) in [5.74, 6) is 0.449. The Morgan fingerprint density at radius 2 is 1.84 bits per heavy atom. The van der Waals surface area contributed by atoms with Crippen LogP contribution in [0.4, 0.5) is 0 Å². The second-order valence-corrected chi connectivity index (χ2v) is 11.3. The van der Waals surface area contributed by atoms with Crippen LogP contribution in [0.25, 0.3) is 5.57 Å². The van der Waals surface area contributed by atoms with Crippen molar-refractivity contribution < 1.29 is 19.0 Å². The molecule has 1 spiro atoms. The van der Waals surface area contributed by atoms with Gasteiger partial charge in [-0.15, -0.1) is 0 Å². The Balaban J connectivity index is 1.52. The first kappa shape index (κ1) is 22.2. The molecule has 1 saturated carbocycles. The number of hydrogen-bond acceptors (Lipinski definition) is 4. The maximum atomic E-state index is 14.0. The van der Waals surface area contributed by atoms with Gasteiger partial charge in [-0.3, -0.25) is 4.79 Å². The van der Waals surface area contributed by atoms with Crippen LogP contribution >= 0.6 is 0 Å². The zero-order valence-corrected chi connectivity index (χ0v) is 20.3. The molecule has 1 aromatic rings. The van der Waals surface area contributed by atoms with Crippen molar-refractivity contribution in [2.75, 3.05) is 13.2 Å². The molecule has 4 aliphatic rings. The van der Waals surface area contributed by atoms with Gasteiger partial charge < -0.3 is 14.2 Å². The lowest BCUT2D eigenvalue weighted by molar-refractivity contribution is -0.223. The van der Waals surface area contributed by atoms with Gasteiger partial charge in [-0.25, -0.2) is 0 Å². The summed E-state index contributed by atoms with van der Waals surface area (Å²) < 4.78 is 18.9. The van der Waals surface area contributed by atoms with E-state index in [4.69, 9.17) is 14.2 Å². The summed E-state index contributed by atoms with van der Waals surface area (Å²) in [6.07, 6.45) is 5.03. The molecule has 0 radical (unpaired) electrons. The molecule has 1 aromatic carbocycles. The van der Waals surface area contributed by atoms with Crippen LogP contribution in [0.3, 0.4) is 0 Å². The molecule has 0 bridgehead atoms. The van der Waals surface area contributed by atoms with Crippen LogP contribution in [0.5, 0.6) is 0 Å². The van der Waals surface area contributed by atoms with Crippen molar-refractivity contribution in [1.82, 2.24) is 0 Å². The third-order valence-electron chi connectivity index (χ3n) is 8.76. The van der Waals surface area contributed by atoms with Gasteiger partial charge in [0.25, 0.3) is 0 Å². The molecule has 5 rings (SSSR count). The van der Waals surface area contributed by atoms with Crippen LogP contribution in [-0.4, -0.2) is 31.1 Å². The van der Waals surface area contributed by atoms with Gasteiger partial charge in [-0.05, 0) is 59.3 Å². The summed E-state index contributed by atoms with van der Waals surface area (Å²) in [4.78, 5) is 14.0. The average molecular weight is 439 g/mol. The molecule has 3 aliphatic carbocycles. The Morgan fingerprint density at radius 1 is 1.12 bits per heavy atom. The number of ether oxygens (including phenoxy) is 3. The number of carbonyl (C=O) groups excluding carboxylic acids is 1. The van der Waals surface area contributed by atoms with Crippen LogP contribution in [0.15, 0.2) is 29.8 Å². The fraction of sp³-hybridized carbons (Fsp3) is 0.679. The molecule has 1 aliphatic heterocycles. The molecular weight excluding hydrogens is 400 g/mol. The van der Waals surface area contributed by atoms with Gasteiger partial charge in [0.2, 0.25) is 0 Å². The molecule has 4 heteroatoms. The summed E-state index contributed by atoms with van der Waals surface area (Å²) in [5.41, 5.74) is 4.35. The largest absolute Gasteiger partial charge is 0.461 e. The topological polar surface area (TPSA) is 44.8 Å². The third-order valence-corrected chi connectivity index (χ3v) is 8.76. The van der Waals surface area contributed by atoms with E-state index in [2.05, 4.69) is 52.8 Å². The number of fused-ring (bicyclic) bond motifs is 2. The molecule has 4 atom stereocenters. The average Bonchev–Trinajstić information content (AvgIpc) is 3.35. The summed E-state index contributed by atoms with van der Waals surface area (Å²) in [7, 11) is 0. The molecule has 4 nitrogen and oxygen atoms in total. The van der Waals surface area contributed by atoms with Gasteiger partial charge >= 0.3 is 5.97 Å². The quantitative estimate of drug-likeness (QED) is 0.535. The second-order valence-electron chi connectivity index (χ2n) is 11.3. The molecular formula is C28H38O4. The Labute approximate surface area is 192 Å². The zero-order chi connectivity index (χ0) is 22.7. The highest BCUT2D eigenvalue weighted by atomic mass is 16.7. The van der Waals surface area contributed by atoms with Crippen molar-refractivity contribution in [3.05, 3.63) is 41.0 Å². The minimum Gasteiger partial charge on any atom is -0.461 e. The van der Waals surface area contributed by atoms with E-state index in [-0.39, 0.29) is 18.0 Å². The van der Waals surface area contributed by atoms with Crippen molar-refractivity contribution in [2.45, 2.75) is 84.5 Å². The fourth-order valence-electron chi connectivity index (χ4n) is 6.99. The minimum atomic E-state index is -0.647. The van der Waals surface area contributed by atoms with Crippen molar-refractivity contribution in [3.8, 4) is 0 Å². The molecule has 174 valence electrons. The van der Waals surface area contributed by atoms with Gasteiger partial charge in [0.1, 0.15) is 12.0 Å². The SMILES string of the molecule is CC(C)[C@H]1CC[C@H](C)C[C@@H]1OC(=O)C1C2=C(CCC3(OCCO3)C2(C)C)c2ccccc21. The first-order valence-corrected chi connectivity index (χ1v) is 12.6. The van der Waals surface area contributed by atoms with E-state index in [1.807, 2.05) is 6.07 Å². The van der Waals surface area contributed by atoms with Crippen molar-refractivity contribution >= 4 is 11.5 Å². The minimum absolute atomic E-state index is 0.00251. The number of allylic oxidation sites excluding steroid dienone is 1. The number of benzene rings is 1. The predicted octanol–water partition coefficient (Wildman–Crippen LogP) is 6.10. The van der Waals surface area contributed by atoms with E-state index in [1.165, 1.54) is 17.6 Å². The molecule has 0 N–H and O–H groups in total. The fourth-order valence-corrected chi connectivity index (χ4v) is 6.99. The number of carbonyl (C=O) groups is 1. The van der Waals surface area contributed by atoms with Crippen LogP contribution in [0.2, 0.25) is 0 Å². The van der Waals surface area contributed by atoms with E-state index >= 15 is 0 Å². The maximum Gasteiger partial charge on any atom is 0.317 e. The second kappa shape index (κ2) is 7.99. The molecule has 32 heavy (non-hydrogen) atoms. The Hall–Kier alpha value is -1.65. The molecule has 2 fully saturated rings. The Kier molecular flexibility index (Phi) is 5.53. The first-order chi connectivity index (χ1) is 15.2. The van der Waals surface area contributed by atoms with Gasteiger partial charge in [-0.1, -0.05) is 65.3 Å². The predicted molar refractivity (Wildman–Crippen MR) is 125 cm³/mol. The molecule has 1 unspecified atom stereocenters. The molecule has 1 saturated heterocycles. The lowest BCUT2D eigenvalue weighted by Crippen LogP contribution is -2.50. The number of rotatable bonds is 3. The monoisotopic (exact) mass is 438 g/mol. The highest BCUT2D eigenvalue weighted by Crippen LogP contribution is 2.61. The van der Waals surface area contributed by atoms with Crippen LogP contribution in [0, 0.1) is 23.2 Å². The van der Waals surface area contributed by atoms with E-state index in [0.29, 0.717) is 31.0 Å². The van der Waals surface area contributed by atoms with Gasteiger partial charge in [0.15, 0.2) is 5.79 Å². The highest BCUT2D eigenvalue weighted by molar-refractivity contribution is 5.94. The smallest absolute Gasteiger partial charge is 0.317 e. The summed E-state index contributed by atoms with van der Waals surface area (Å²) in [5, 5.41) is 0. The van der Waals surface area contributed by atoms with Gasteiger partial charge in [-0.2, -0.15) is 0 Å². The van der Waals surface area contributed by atoms with Crippen LogP contribution in [0.1, 0.15) is 83.8 Å². The van der Waals surface area contributed by atoms with Crippen molar-refractivity contribution in [3.63, 3.8) is 0 Å². The standard InChI is InChI=1S/C28H38O4/c1-17(2)19-11-10-18(3)16-23(19)32-26(29)24-21-9-7-6-8-20(21)22-12-13-28(30-14-15-31-28)27(4,5)25(22)24/h6-9,17-19,23-24H,10-16H2,1-5H3/t18-,19+,23-,24?/m0/s1. The summed E-state index contributed by atoms with van der Waals surface area (Å²) in [6, 6.07) is 8.40.